The van der Waals surface area contributed by atoms with Crippen LogP contribution < -0.4 is 11.2 Å². The van der Waals surface area contributed by atoms with Gasteiger partial charge in [-0.1, -0.05) is 51.1 Å². The van der Waals surface area contributed by atoms with Crippen molar-refractivity contribution in [1.82, 2.24) is 9.13 Å². The summed E-state index contributed by atoms with van der Waals surface area (Å²) in [6, 6.07) is 10.1. The lowest BCUT2D eigenvalue weighted by Gasteiger charge is -2.36. The van der Waals surface area contributed by atoms with Crippen LogP contribution in [0.1, 0.15) is 43.7 Å². The standard InChI is InChI=1S/C26H38N2O4SSi/c1-8-31-18-21-19(2)22-23(29)27(16-17-32-34(6,7)26(3,4)5)25(30)28(24(22)33-21)15-14-20-12-10-9-11-13-20/h9-13H,8,14-18H2,1-7H3. The Morgan fingerprint density at radius 3 is 2.32 bits per heavy atom. The fraction of sp³-hybridized carbons (Fsp3) is 0.538. The van der Waals surface area contributed by atoms with E-state index in [1.807, 2.05) is 32.0 Å². The second-order valence-electron chi connectivity index (χ2n) is 10.2. The third kappa shape index (κ3) is 5.62. The molecule has 0 aliphatic carbocycles. The number of ether oxygens (including phenoxy) is 1. The molecule has 2 heterocycles. The van der Waals surface area contributed by atoms with Crippen LogP contribution in [-0.2, 0) is 35.3 Å². The Hall–Kier alpha value is -2.00. The van der Waals surface area contributed by atoms with Gasteiger partial charge < -0.3 is 9.16 Å². The lowest BCUT2D eigenvalue weighted by Crippen LogP contribution is -2.44. The zero-order valence-corrected chi connectivity index (χ0v) is 23.4. The monoisotopic (exact) mass is 502 g/mol. The number of hydrogen-bond acceptors (Lipinski definition) is 5. The van der Waals surface area contributed by atoms with Gasteiger partial charge in [0.25, 0.3) is 5.56 Å². The Labute approximate surface area is 207 Å². The molecule has 6 nitrogen and oxygen atoms in total. The van der Waals surface area contributed by atoms with Crippen LogP contribution in [0.2, 0.25) is 18.1 Å². The molecule has 0 amide bonds. The van der Waals surface area contributed by atoms with E-state index in [4.69, 9.17) is 9.16 Å². The van der Waals surface area contributed by atoms with Crippen molar-refractivity contribution >= 4 is 29.9 Å². The molecule has 0 aliphatic rings. The molecule has 34 heavy (non-hydrogen) atoms. The minimum atomic E-state index is -1.98. The van der Waals surface area contributed by atoms with Crippen LogP contribution in [0.25, 0.3) is 10.2 Å². The highest BCUT2D eigenvalue weighted by Gasteiger charge is 2.37. The van der Waals surface area contributed by atoms with Gasteiger partial charge >= 0.3 is 5.69 Å². The summed E-state index contributed by atoms with van der Waals surface area (Å²) in [4.78, 5) is 28.8. The molecule has 0 saturated carbocycles. The first-order chi connectivity index (χ1) is 16.0. The molecule has 1 aromatic carbocycles. The Balaban J connectivity index is 2.03. The zero-order valence-electron chi connectivity index (χ0n) is 21.6. The summed E-state index contributed by atoms with van der Waals surface area (Å²) in [6.07, 6.45) is 0.715. The number of fused-ring (bicyclic) bond motifs is 1. The maximum Gasteiger partial charge on any atom is 0.332 e. The minimum absolute atomic E-state index is 0.0654. The van der Waals surface area contributed by atoms with Gasteiger partial charge in [-0.3, -0.25) is 13.9 Å². The molecular weight excluding hydrogens is 464 g/mol. The molecule has 0 spiro atoms. The number of rotatable bonds is 10. The van der Waals surface area contributed by atoms with Gasteiger partial charge in [-0.05, 0) is 49.5 Å². The molecule has 0 radical (unpaired) electrons. The van der Waals surface area contributed by atoms with Crippen molar-refractivity contribution < 1.29 is 9.16 Å². The average molecular weight is 503 g/mol. The number of thiophene rings is 1. The van der Waals surface area contributed by atoms with E-state index in [0.717, 1.165) is 20.8 Å². The van der Waals surface area contributed by atoms with Crippen molar-refractivity contribution in [2.75, 3.05) is 13.2 Å². The van der Waals surface area contributed by atoms with E-state index in [-0.39, 0.29) is 22.8 Å². The fourth-order valence-electron chi connectivity index (χ4n) is 3.66. The molecule has 0 atom stereocenters. The van der Waals surface area contributed by atoms with E-state index in [1.54, 1.807) is 4.57 Å². The van der Waals surface area contributed by atoms with E-state index in [0.29, 0.717) is 38.2 Å². The Kier molecular flexibility index (Phi) is 8.39. The lowest BCUT2D eigenvalue weighted by atomic mass is 10.1. The Morgan fingerprint density at radius 2 is 1.71 bits per heavy atom. The molecule has 0 saturated heterocycles. The SMILES string of the molecule is CCOCc1sc2c(c1C)c(=O)n(CCO[Si](C)(C)C(C)(C)C)c(=O)n2CCc1ccccc1. The number of aromatic nitrogens is 2. The maximum absolute atomic E-state index is 13.6. The summed E-state index contributed by atoms with van der Waals surface area (Å²) in [6.45, 7) is 17.0. The highest BCUT2D eigenvalue weighted by atomic mass is 32.1. The van der Waals surface area contributed by atoms with Crippen molar-refractivity contribution in [3.63, 3.8) is 0 Å². The van der Waals surface area contributed by atoms with E-state index in [2.05, 4.69) is 46.0 Å². The number of nitrogens with zero attached hydrogens (tertiary/aromatic N) is 2. The van der Waals surface area contributed by atoms with Crippen molar-refractivity contribution in [2.45, 2.75) is 78.9 Å². The van der Waals surface area contributed by atoms with E-state index in [1.165, 1.54) is 15.9 Å². The topological polar surface area (TPSA) is 62.5 Å². The molecule has 0 unspecified atom stereocenters. The van der Waals surface area contributed by atoms with Gasteiger partial charge in [0.2, 0.25) is 0 Å². The Morgan fingerprint density at radius 1 is 1.03 bits per heavy atom. The molecule has 0 bridgehead atoms. The third-order valence-corrected chi connectivity index (χ3v) is 12.7. The van der Waals surface area contributed by atoms with Gasteiger partial charge in [0.1, 0.15) is 4.83 Å². The average Bonchev–Trinajstić information content (AvgIpc) is 3.10. The molecule has 8 heteroatoms. The van der Waals surface area contributed by atoms with E-state index >= 15 is 0 Å². The molecule has 0 N–H and O–H groups in total. The van der Waals surface area contributed by atoms with E-state index < -0.39 is 8.32 Å². The summed E-state index contributed by atoms with van der Waals surface area (Å²) < 4.78 is 15.1. The van der Waals surface area contributed by atoms with Crippen LogP contribution in [0.4, 0.5) is 0 Å². The second-order valence-corrected chi connectivity index (χ2v) is 16.1. The van der Waals surface area contributed by atoms with Gasteiger partial charge in [0, 0.05) is 18.0 Å². The number of aryl methyl sites for hydroxylation is 3. The van der Waals surface area contributed by atoms with Crippen LogP contribution in [-0.4, -0.2) is 30.7 Å². The molecule has 186 valence electrons. The molecule has 3 aromatic rings. The zero-order chi connectivity index (χ0) is 25.1. The molecular formula is C26H38N2O4SSi. The summed E-state index contributed by atoms with van der Waals surface area (Å²) in [7, 11) is -1.98. The van der Waals surface area contributed by atoms with Gasteiger partial charge in [0.05, 0.1) is 25.1 Å². The molecule has 0 fully saturated rings. The fourth-order valence-corrected chi connectivity index (χ4v) is 5.95. The van der Waals surface area contributed by atoms with Crippen molar-refractivity contribution in [3.05, 3.63) is 67.2 Å². The van der Waals surface area contributed by atoms with Crippen LogP contribution in [0.5, 0.6) is 0 Å². The highest BCUT2D eigenvalue weighted by molar-refractivity contribution is 7.18. The lowest BCUT2D eigenvalue weighted by molar-refractivity contribution is 0.136. The van der Waals surface area contributed by atoms with Crippen molar-refractivity contribution in [2.24, 2.45) is 0 Å². The molecule has 3 rings (SSSR count). The largest absolute Gasteiger partial charge is 0.415 e. The quantitative estimate of drug-likeness (QED) is 0.351. The van der Waals surface area contributed by atoms with Crippen molar-refractivity contribution in [1.29, 1.82) is 0 Å². The first-order valence-electron chi connectivity index (χ1n) is 12.0. The highest BCUT2D eigenvalue weighted by Crippen LogP contribution is 2.36. The molecule has 2 aromatic heterocycles. The summed E-state index contributed by atoms with van der Waals surface area (Å²) in [5.74, 6) is 0. The summed E-state index contributed by atoms with van der Waals surface area (Å²) in [5.41, 5.74) is 1.57. The Bertz CT molecular complexity index is 1240. The van der Waals surface area contributed by atoms with Crippen LogP contribution in [0, 0.1) is 6.92 Å². The van der Waals surface area contributed by atoms with Crippen LogP contribution in [0.15, 0.2) is 39.9 Å². The number of benzene rings is 1. The van der Waals surface area contributed by atoms with Crippen molar-refractivity contribution in [3.8, 4) is 0 Å². The predicted octanol–water partition coefficient (Wildman–Crippen LogP) is 5.33. The molecule has 0 aliphatic heterocycles. The van der Waals surface area contributed by atoms with Gasteiger partial charge in [-0.25, -0.2) is 4.79 Å². The minimum Gasteiger partial charge on any atom is -0.415 e. The normalized spacial score (nSPS) is 12.6. The third-order valence-electron chi connectivity index (χ3n) is 6.88. The summed E-state index contributed by atoms with van der Waals surface area (Å²) >= 11 is 1.49. The van der Waals surface area contributed by atoms with Gasteiger partial charge in [0.15, 0.2) is 8.32 Å². The number of hydrogen-bond donors (Lipinski definition) is 0. The first kappa shape index (κ1) is 26.6. The van der Waals surface area contributed by atoms with Gasteiger partial charge in [-0.15, -0.1) is 11.3 Å². The van der Waals surface area contributed by atoms with Gasteiger partial charge in [-0.2, -0.15) is 0 Å². The summed E-state index contributed by atoms with van der Waals surface area (Å²) in [5, 5.41) is 0.690. The predicted molar refractivity (Wildman–Crippen MR) is 144 cm³/mol. The maximum atomic E-state index is 13.6. The van der Waals surface area contributed by atoms with Crippen LogP contribution in [0.3, 0.4) is 0 Å². The smallest absolute Gasteiger partial charge is 0.332 e. The second kappa shape index (κ2) is 10.7. The van der Waals surface area contributed by atoms with Crippen LogP contribution >= 0.6 is 11.3 Å². The first-order valence-corrected chi connectivity index (χ1v) is 15.7. The van der Waals surface area contributed by atoms with E-state index in [9.17, 15) is 9.59 Å².